The normalized spacial score (nSPS) is 10.7. The molecule has 0 unspecified atom stereocenters. The van der Waals surface area contributed by atoms with Crippen LogP contribution in [0.15, 0.2) is 48.8 Å². The molecular formula is C14H16N2. The van der Waals surface area contributed by atoms with Crippen molar-refractivity contribution < 1.29 is 0 Å². The van der Waals surface area contributed by atoms with Gasteiger partial charge < -0.3 is 4.90 Å². The molecule has 0 amide bonds. The van der Waals surface area contributed by atoms with Gasteiger partial charge in [-0.05, 0) is 42.9 Å². The summed E-state index contributed by atoms with van der Waals surface area (Å²) in [4.78, 5) is 6.19. The number of aromatic nitrogens is 1. The highest BCUT2D eigenvalue weighted by molar-refractivity contribution is 5.62. The number of nitrogens with zero attached hydrogens (tertiary/aromatic N) is 2. The Morgan fingerprint density at radius 3 is 2.00 bits per heavy atom. The van der Waals surface area contributed by atoms with Crippen LogP contribution >= 0.6 is 0 Å². The minimum atomic E-state index is 0.983. The molecule has 0 spiro atoms. The first-order valence-corrected chi connectivity index (χ1v) is 5.40. The lowest BCUT2D eigenvalue weighted by molar-refractivity contribution is 0.402. The number of benzene rings is 1. The lowest BCUT2D eigenvalue weighted by Gasteiger charge is -2.10. The molecule has 0 fully saturated rings. The van der Waals surface area contributed by atoms with Gasteiger partial charge in [-0.15, -0.1) is 0 Å². The smallest absolute Gasteiger partial charge is 0.0273 e. The van der Waals surface area contributed by atoms with Gasteiger partial charge in [0, 0.05) is 18.9 Å². The molecule has 0 atom stereocenters. The standard InChI is InChI=1S/C14H16N2/c1-16(2)11-12-3-5-13(6-4-12)14-7-9-15-10-8-14/h3-10H,11H2,1-2H3. The van der Waals surface area contributed by atoms with Crippen LogP contribution in [0.2, 0.25) is 0 Å². The van der Waals surface area contributed by atoms with Gasteiger partial charge in [0.15, 0.2) is 0 Å². The Kier molecular flexibility index (Phi) is 3.32. The van der Waals surface area contributed by atoms with Crippen molar-refractivity contribution in [1.29, 1.82) is 0 Å². The van der Waals surface area contributed by atoms with Gasteiger partial charge in [-0.3, -0.25) is 4.98 Å². The molecule has 0 N–H and O–H groups in total. The van der Waals surface area contributed by atoms with E-state index in [4.69, 9.17) is 0 Å². The van der Waals surface area contributed by atoms with Crippen LogP contribution in [0.4, 0.5) is 0 Å². The predicted octanol–water partition coefficient (Wildman–Crippen LogP) is 2.81. The Hall–Kier alpha value is -1.67. The van der Waals surface area contributed by atoms with Gasteiger partial charge in [-0.1, -0.05) is 24.3 Å². The van der Waals surface area contributed by atoms with Crippen LogP contribution in [0.3, 0.4) is 0 Å². The van der Waals surface area contributed by atoms with Crippen molar-refractivity contribution >= 4 is 0 Å². The Balaban J connectivity index is 2.20. The number of hydrogen-bond donors (Lipinski definition) is 0. The maximum absolute atomic E-state index is 4.02. The van der Waals surface area contributed by atoms with E-state index in [2.05, 4.69) is 48.2 Å². The summed E-state index contributed by atoms with van der Waals surface area (Å²) in [5.41, 5.74) is 3.79. The molecule has 0 radical (unpaired) electrons. The van der Waals surface area contributed by atoms with E-state index in [-0.39, 0.29) is 0 Å². The van der Waals surface area contributed by atoms with Crippen LogP contribution in [0.25, 0.3) is 11.1 Å². The van der Waals surface area contributed by atoms with E-state index in [1.165, 1.54) is 16.7 Å². The Morgan fingerprint density at radius 1 is 0.875 bits per heavy atom. The summed E-state index contributed by atoms with van der Waals surface area (Å²) in [7, 11) is 4.16. The quantitative estimate of drug-likeness (QED) is 0.777. The molecule has 0 aliphatic carbocycles. The van der Waals surface area contributed by atoms with Crippen molar-refractivity contribution in [2.75, 3.05) is 14.1 Å². The van der Waals surface area contributed by atoms with Gasteiger partial charge in [0.2, 0.25) is 0 Å². The molecule has 1 heterocycles. The fourth-order valence-corrected chi connectivity index (χ4v) is 1.71. The maximum atomic E-state index is 4.02. The van der Waals surface area contributed by atoms with Crippen LogP contribution < -0.4 is 0 Å². The SMILES string of the molecule is CN(C)Cc1ccc(-c2ccncc2)cc1. The first-order valence-electron chi connectivity index (χ1n) is 5.40. The summed E-state index contributed by atoms with van der Waals surface area (Å²) in [6, 6.07) is 12.7. The van der Waals surface area contributed by atoms with Crippen molar-refractivity contribution in [3.05, 3.63) is 54.4 Å². The minimum absolute atomic E-state index is 0.983. The first kappa shape index (κ1) is 10.8. The van der Waals surface area contributed by atoms with Gasteiger partial charge in [-0.25, -0.2) is 0 Å². The molecule has 0 aliphatic heterocycles. The first-order chi connectivity index (χ1) is 7.75. The minimum Gasteiger partial charge on any atom is -0.305 e. The van der Waals surface area contributed by atoms with Crippen molar-refractivity contribution in [3.8, 4) is 11.1 Å². The van der Waals surface area contributed by atoms with Crippen LogP contribution in [0.1, 0.15) is 5.56 Å². The maximum Gasteiger partial charge on any atom is 0.0273 e. The highest BCUT2D eigenvalue weighted by Crippen LogP contribution is 2.18. The van der Waals surface area contributed by atoms with Crippen molar-refractivity contribution in [2.24, 2.45) is 0 Å². The Labute approximate surface area is 96.6 Å². The third kappa shape index (κ3) is 2.67. The summed E-state index contributed by atoms with van der Waals surface area (Å²) >= 11 is 0. The summed E-state index contributed by atoms with van der Waals surface area (Å²) < 4.78 is 0. The zero-order valence-corrected chi connectivity index (χ0v) is 9.72. The fourth-order valence-electron chi connectivity index (χ4n) is 1.71. The van der Waals surface area contributed by atoms with E-state index in [0.717, 1.165) is 6.54 Å². The van der Waals surface area contributed by atoms with E-state index in [0.29, 0.717) is 0 Å². The van der Waals surface area contributed by atoms with Gasteiger partial charge in [0.05, 0.1) is 0 Å². The molecule has 2 heteroatoms. The average Bonchev–Trinajstić information content (AvgIpc) is 2.30. The van der Waals surface area contributed by atoms with Crippen LogP contribution in [0.5, 0.6) is 0 Å². The lowest BCUT2D eigenvalue weighted by Crippen LogP contribution is -2.10. The summed E-state index contributed by atoms with van der Waals surface area (Å²) in [5, 5.41) is 0. The average molecular weight is 212 g/mol. The second-order valence-corrected chi connectivity index (χ2v) is 4.17. The predicted molar refractivity (Wildman–Crippen MR) is 67.1 cm³/mol. The Morgan fingerprint density at radius 2 is 1.44 bits per heavy atom. The van der Waals surface area contributed by atoms with Crippen molar-refractivity contribution in [1.82, 2.24) is 9.88 Å². The van der Waals surface area contributed by atoms with Crippen LogP contribution in [-0.2, 0) is 6.54 Å². The largest absolute Gasteiger partial charge is 0.305 e. The van der Waals surface area contributed by atoms with E-state index < -0.39 is 0 Å². The van der Waals surface area contributed by atoms with E-state index in [1.54, 1.807) is 0 Å². The van der Waals surface area contributed by atoms with Gasteiger partial charge in [-0.2, -0.15) is 0 Å². The third-order valence-electron chi connectivity index (χ3n) is 2.47. The van der Waals surface area contributed by atoms with Crippen molar-refractivity contribution in [3.63, 3.8) is 0 Å². The van der Waals surface area contributed by atoms with Crippen LogP contribution in [0, 0.1) is 0 Å². The van der Waals surface area contributed by atoms with E-state index in [1.807, 2.05) is 24.5 Å². The number of pyridine rings is 1. The molecule has 2 aromatic rings. The highest BCUT2D eigenvalue weighted by atomic mass is 15.0. The second-order valence-electron chi connectivity index (χ2n) is 4.17. The van der Waals surface area contributed by atoms with E-state index >= 15 is 0 Å². The number of hydrogen-bond acceptors (Lipinski definition) is 2. The molecule has 2 nitrogen and oxygen atoms in total. The molecule has 16 heavy (non-hydrogen) atoms. The zero-order chi connectivity index (χ0) is 11.4. The molecular weight excluding hydrogens is 196 g/mol. The second kappa shape index (κ2) is 4.90. The summed E-state index contributed by atoms with van der Waals surface area (Å²) in [5.74, 6) is 0. The molecule has 0 saturated carbocycles. The highest BCUT2D eigenvalue weighted by Gasteiger charge is 1.98. The summed E-state index contributed by atoms with van der Waals surface area (Å²) in [6.45, 7) is 0.983. The van der Waals surface area contributed by atoms with Crippen molar-refractivity contribution in [2.45, 2.75) is 6.54 Å². The topological polar surface area (TPSA) is 16.1 Å². The monoisotopic (exact) mass is 212 g/mol. The third-order valence-corrected chi connectivity index (χ3v) is 2.47. The van der Waals surface area contributed by atoms with Gasteiger partial charge >= 0.3 is 0 Å². The molecule has 2 rings (SSSR count). The fraction of sp³-hybridized carbons (Fsp3) is 0.214. The molecule has 0 aliphatic rings. The number of rotatable bonds is 3. The molecule has 0 bridgehead atoms. The van der Waals surface area contributed by atoms with E-state index in [9.17, 15) is 0 Å². The Bertz CT molecular complexity index is 432. The molecule has 1 aromatic heterocycles. The molecule has 1 aromatic carbocycles. The van der Waals surface area contributed by atoms with Crippen LogP contribution in [-0.4, -0.2) is 24.0 Å². The van der Waals surface area contributed by atoms with Gasteiger partial charge in [0.25, 0.3) is 0 Å². The molecule has 82 valence electrons. The summed E-state index contributed by atoms with van der Waals surface area (Å²) in [6.07, 6.45) is 3.64. The zero-order valence-electron chi connectivity index (χ0n) is 9.72. The lowest BCUT2D eigenvalue weighted by atomic mass is 10.1. The molecule has 0 saturated heterocycles. The van der Waals surface area contributed by atoms with Gasteiger partial charge in [0.1, 0.15) is 0 Å².